The van der Waals surface area contributed by atoms with Gasteiger partial charge in [-0.15, -0.1) is 0 Å². The number of ketones is 1. The Hall–Kier alpha value is -2.14. The first-order chi connectivity index (χ1) is 12.1. The van der Waals surface area contributed by atoms with Gasteiger partial charge in [-0.3, -0.25) is 4.79 Å². The molecule has 5 rings (SSSR count). The topological polar surface area (TPSA) is 64.3 Å². The van der Waals surface area contributed by atoms with E-state index in [1.807, 2.05) is 36.4 Å². The molecule has 1 aromatic heterocycles. The molecule has 2 bridgehead atoms. The zero-order valence-corrected chi connectivity index (χ0v) is 14.5. The third kappa shape index (κ3) is 2.11. The molecule has 0 amide bonds. The van der Waals surface area contributed by atoms with Gasteiger partial charge in [-0.2, -0.15) is 0 Å². The van der Waals surface area contributed by atoms with Crippen molar-refractivity contribution in [2.24, 2.45) is 5.92 Å². The van der Waals surface area contributed by atoms with Crippen molar-refractivity contribution in [2.75, 3.05) is 0 Å². The van der Waals surface area contributed by atoms with Crippen LogP contribution in [0.15, 0.2) is 46.9 Å². The largest absolute Gasteiger partial charge is 0.455 e. The van der Waals surface area contributed by atoms with Gasteiger partial charge in [0.1, 0.15) is 11.2 Å². The van der Waals surface area contributed by atoms with Gasteiger partial charge in [0.15, 0.2) is 15.6 Å². The van der Waals surface area contributed by atoms with Gasteiger partial charge in [0.2, 0.25) is 0 Å². The van der Waals surface area contributed by atoms with Crippen molar-refractivity contribution in [1.82, 2.24) is 0 Å². The fourth-order valence-electron chi connectivity index (χ4n) is 4.58. The van der Waals surface area contributed by atoms with E-state index in [4.69, 9.17) is 4.42 Å². The average Bonchev–Trinajstić information content (AvgIpc) is 3.00. The summed E-state index contributed by atoms with van der Waals surface area (Å²) in [6, 6.07) is 13.4. The highest BCUT2D eigenvalue weighted by Gasteiger charge is 2.48. The Bertz CT molecular complexity index is 1090. The highest BCUT2D eigenvalue weighted by atomic mass is 32.2. The van der Waals surface area contributed by atoms with Crippen molar-refractivity contribution < 1.29 is 17.6 Å². The molecule has 25 heavy (non-hydrogen) atoms. The Morgan fingerprint density at radius 2 is 1.60 bits per heavy atom. The Morgan fingerprint density at radius 1 is 0.920 bits per heavy atom. The summed E-state index contributed by atoms with van der Waals surface area (Å²) in [6.07, 6.45) is 2.31. The van der Waals surface area contributed by atoms with E-state index >= 15 is 0 Å². The second-order valence-corrected chi connectivity index (χ2v) is 9.73. The zero-order valence-electron chi connectivity index (χ0n) is 13.6. The van der Waals surface area contributed by atoms with Gasteiger partial charge < -0.3 is 4.42 Å². The Morgan fingerprint density at radius 3 is 2.36 bits per heavy atom. The summed E-state index contributed by atoms with van der Waals surface area (Å²) in [6.45, 7) is 0. The van der Waals surface area contributed by atoms with Gasteiger partial charge >= 0.3 is 0 Å². The summed E-state index contributed by atoms with van der Waals surface area (Å²) in [5, 5.41) is 1.26. The number of hydrogen-bond donors (Lipinski definition) is 0. The van der Waals surface area contributed by atoms with E-state index in [0.717, 1.165) is 16.4 Å². The van der Waals surface area contributed by atoms with Crippen LogP contribution in [0.25, 0.3) is 21.9 Å². The molecule has 0 spiro atoms. The summed E-state index contributed by atoms with van der Waals surface area (Å²) in [5.41, 5.74) is 1.97. The predicted octanol–water partition coefficient (Wildman–Crippen LogP) is 4.12. The number of sulfone groups is 1. The van der Waals surface area contributed by atoms with Gasteiger partial charge in [0, 0.05) is 16.7 Å². The van der Waals surface area contributed by atoms with E-state index in [1.54, 1.807) is 6.07 Å². The van der Waals surface area contributed by atoms with Crippen LogP contribution in [0.1, 0.15) is 36.0 Å². The first-order valence-corrected chi connectivity index (χ1v) is 10.3. The minimum absolute atomic E-state index is 0.0245. The Balaban J connectivity index is 1.59. The molecule has 2 saturated heterocycles. The minimum atomic E-state index is -3.02. The summed E-state index contributed by atoms with van der Waals surface area (Å²) in [5.74, 6) is -0.198. The van der Waals surface area contributed by atoms with Crippen molar-refractivity contribution in [3.63, 3.8) is 0 Å². The number of rotatable bonds is 2. The molecule has 0 N–H and O–H groups in total. The molecule has 3 heterocycles. The molecule has 2 aliphatic heterocycles. The highest BCUT2D eigenvalue weighted by molar-refractivity contribution is 7.93. The predicted molar refractivity (Wildman–Crippen MR) is 96.5 cm³/mol. The van der Waals surface area contributed by atoms with Gasteiger partial charge in [-0.25, -0.2) is 8.42 Å². The quantitative estimate of drug-likeness (QED) is 0.649. The smallest absolute Gasteiger partial charge is 0.169 e. The maximum Gasteiger partial charge on any atom is 0.169 e. The SMILES string of the molecule is O=C(c1cccc2c1oc1ccccc12)C1CC2CCC(C1)S2(=O)=O. The molecule has 2 aliphatic rings. The molecule has 2 fully saturated rings. The number of carbonyl (C=O) groups is 1. The molecule has 3 aromatic rings. The molecular formula is C20H18O4S. The van der Waals surface area contributed by atoms with E-state index in [9.17, 15) is 13.2 Å². The monoisotopic (exact) mass is 354 g/mol. The summed E-state index contributed by atoms with van der Waals surface area (Å²) in [4.78, 5) is 13.2. The summed E-state index contributed by atoms with van der Waals surface area (Å²) >= 11 is 0. The fraction of sp³-hybridized carbons (Fsp3) is 0.350. The highest BCUT2D eigenvalue weighted by Crippen LogP contribution is 2.43. The summed E-state index contributed by atoms with van der Waals surface area (Å²) in [7, 11) is -3.02. The fourth-order valence-corrected chi connectivity index (χ4v) is 7.06. The lowest BCUT2D eigenvalue weighted by Crippen LogP contribution is -2.36. The number of furan rings is 1. The van der Waals surface area contributed by atoms with Crippen molar-refractivity contribution >= 4 is 37.6 Å². The molecule has 4 nitrogen and oxygen atoms in total. The average molecular weight is 354 g/mol. The maximum atomic E-state index is 13.2. The van der Waals surface area contributed by atoms with E-state index in [1.165, 1.54) is 0 Å². The molecular weight excluding hydrogens is 336 g/mol. The molecule has 0 radical (unpaired) electrons. The van der Waals surface area contributed by atoms with Crippen molar-refractivity contribution in [2.45, 2.75) is 36.2 Å². The maximum absolute atomic E-state index is 13.2. The first-order valence-electron chi connectivity index (χ1n) is 8.73. The Labute approximate surface area is 145 Å². The summed E-state index contributed by atoms with van der Waals surface area (Å²) < 4.78 is 30.5. The van der Waals surface area contributed by atoms with Crippen LogP contribution in [0.3, 0.4) is 0 Å². The number of benzene rings is 2. The second kappa shape index (κ2) is 5.18. The van der Waals surface area contributed by atoms with Crippen LogP contribution >= 0.6 is 0 Å². The number of para-hydroxylation sites is 2. The van der Waals surface area contributed by atoms with Gasteiger partial charge in [0.25, 0.3) is 0 Å². The number of Topliss-reactive ketones (excluding diaryl/α,β-unsaturated/α-hetero) is 1. The Kier molecular flexibility index (Phi) is 3.14. The lowest BCUT2D eigenvalue weighted by atomic mass is 9.89. The van der Waals surface area contributed by atoms with Crippen molar-refractivity contribution in [3.05, 3.63) is 48.0 Å². The van der Waals surface area contributed by atoms with E-state index in [2.05, 4.69) is 0 Å². The van der Waals surface area contributed by atoms with Gasteiger partial charge in [0.05, 0.1) is 16.1 Å². The third-order valence-electron chi connectivity index (χ3n) is 5.88. The second-order valence-electron chi connectivity index (χ2n) is 7.22. The minimum Gasteiger partial charge on any atom is -0.455 e. The molecule has 2 atom stereocenters. The van der Waals surface area contributed by atoms with Crippen LogP contribution in [-0.4, -0.2) is 24.7 Å². The van der Waals surface area contributed by atoms with Crippen LogP contribution in [-0.2, 0) is 9.84 Å². The normalized spacial score (nSPS) is 27.8. The van der Waals surface area contributed by atoms with E-state index < -0.39 is 9.84 Å². The van der Waals surface area contributed by atoms with Crippen LogP contribution in [0.5, 0.6) is 0 Å². The zero-order chi connectivity index (χ0) is 17.2. The van der Waals surface area contributed by atoms with Crippen LogP contribution in [0, 0.1) is 5.92 Å². The standard InChI is InChI=1S/C20H18O4S/c21-19(12-10-13-8-9-14(11-12)25(13,22)23)17-6-3-5-16-15-4-1-2-7-18(15)24-20(16)17/h1-7,12-14H,8-11H2. The van der Waals surface area contributed by atoms with Crippen molar-refractivity contribution in [1.29, 1.82) is 0 Å². The van der Waals surface area contributed by atoms with E-state index in [0.29, 0.717) is 36.8 Å². The molecule has 0 aliphatic carbocycles. The van der Waals surface area contributed by atoms with Gasteiger partial charge in [-0.1, -0.05) is 30.3 Å². The molecule has 2 unspecified atom stereocenters. The molecule has 2 aromatic carbocycles. The number of carbonyl (C=O) groups excluding carboxylic acids is 1. The molecule has 5 heteroatoms. The molecule has 128 valence electrons. The van der Waals surface area contributed by atoms with Gasteiger partial charge in [-0.05, 0) is 37.8 Å². The van der Waals surface area contributed by atoms with E-state index in [-0.39, 0.29) is 22.2 Å². The lowest BCUT2D eigenvalue weighted by molar-refractivity contribution is 0.0906. The molecule has 0 saturated carbocycles. The van der Waals surface area contributed by atoms with Crippen LogP contribution in [0.4, 0.5) is 0 Å². The third-order valence-corrected chi connectivity index (χ3v) is 8.59. The number of fused-ring (bicyclic) bond motifs is 5. The van der Waals surface area contributed by atoms with Crippen molar-refractivity contribution in [3.8, 4) is 0 Å². The van der Waals surface area contributed by atoms with Crippen LogP contribution < -0.4 is 0 Å². The number of hydrogen-bond acceptors (Lipinski definition) is 4. The van der Waals surface area contributed by atoms with Crippen LogP contribution in [0.2, 0.25) is 0 Å². The first kappa shape index (κ1) is 15.1. The lowest BCUT2D eigenvalue weighted by Gasteiger charge is -2.26.